The van der Waals surface area contributed by atoms with Gasteiger partial charge in [0.15, 0.2) is 0 Å². The van der Waals surface area contributed by atoms with Crippen molar-refractivity contribution in [2.24, 2.45) is 5.73 Å². The van der Waals surface area contributed by atoms with E-state index in [-0.39, 0.29) is 12.6 Å². The topological polar surface area (TPSA) is 72.2 Å². The largest absolute Gasteiger partial charge is 0.329 e. The second-order valence-corrected chi connectivity index (χ2v) is 6.14. The lowest BCUT2D eigenvalue weighted by Crippen LogP contribution is -2.38. The molecule has 3 N–H and O–H groups in total. The average Bonchev–Trinajstić information content (AvgIpc) is 2.14. The highest BCUT2D eigenvalue weighted by atomic mass is 32.2. The summed E-state index contributed by atoms with van der Waals surface area (Å²) in [5.41, 5.74) is 8.02. The Morgan fingerprint density at radius 1 is 1.24 bits per heavy atom. The smallest absolute Gasteiger partial charge is 0.241 e. The number of hydrogen-bond acceptors (Lipinski definition) is 3. The molecule has 0 fully saturated rings. The van der Waals surface area contributed by atoms with Gasteiger partial charge in [0.25, 0.3) is 0 Å². The minimum absolute atomic E-state index is 0.264. The van der Waals surface area contributed by atoms with Crippen molar-refractivity contribution in [1.29, 1.82) is 0 Å². The molecule has 1 rings (SSSR count). The predicted octanol–water partition coefficient (Wildman–Crippen LogP) is 1.24. The van der Waals surface area contributed by atoms with Crippen LogP contribution in [-0.4, -0.2) is 21.0 Å². The summed E-state index contributed by atoms with van der Waals surface area (Å²) in [7, 11) is -3.48. The summed E-state index contributed by atoms with van der Waals surface area (Å²) in [6.07, 6.45) is 0. The van der Waals surface area contributed by atoms with E-state index < -0.39 is 10.0 Å². The molecule has 4 nitrogen and oxygen atoms in total. The standard InChI is InChI=1S/C12H20N2O2S/c1-8-5-9(2)12(10(3)6-8)17(15,16)14-11(4)7-13/h5-6,11,14H,7,13H2,1-4H3. The van der Waals surface area contributed by atoms with Gasteiger partial charge in [-0.25, -0.2) is 13.1 Å². The molecule has 0 bridgehead atoms. The lowest BCUT2D eigenvalue weighted by Gasteiger charge is -2.16. The molecule has 0 aliphatic rings. The quantitative estimate of drug-likeness (QED) is 0.851. The molecule has 96 valence electrons. The molecule has 1 aromatic carbocycles. The van der Waals surface area contributed by atoms with Gasteiger partial charge in [0.05, 0.1) is 4.90 Å². The van der Waals surface area contributed by atoms with Gasteiger partial charge < -0.3 is 5.73 Å². The van der Waals surface area contributed by atoms with E-state index in [9.17, 15) is 8.42 Å². The van der Waals surface area contributed by atoms with E-state index in [1.807, 2.05) is 32.9 Å². The van der Waals surface area contributed by atoms with Crippen LogP contribution in [0.2, 0.25) is 0 Å². The lowest BCUT2D eigenvalue weighted by atomic mass is 10.1. The lowest BCUT2D eigenvalue weighted by molar-refractivity contribution is 0.561. The highest BCUT2D eigenvalue weighted by molar-refractivity contribution is 7.89. The van der Waals surface area contributed by atoms with Crippen LogP contribution >= 0.6 is 0 Å². The Morgan fingerprint density at radius 3 is 2.12 bits per heavy atom. The zero-order chi connectivity index (χ0) is 13.2. The SMILES string of the molecule is Cc1cc(C)c(S(=O)(=O)NC(C)CN)c(C)c1. The third kappa shape index (κ3) is 3.28. The average molecular weight is 256 g/mol. The Balaban J connectivity index is 3.25. The molecular weight excluding hydrogens is 236 g/mol. The van der Waals surface area contributed by atoms with Gasteiger partial charge >= 0.3 is 0 Å². The molecule has 0 saturated heterocycles. The fourth-order valence-electron chi connectivity index (χ4n) is 1.96. The van der Waals surface area contributed by atoms with Crippen LogP contribution in [0, 0.1) is 20.8 Å². The highest BCUT2D eigenvalue weighted by Crippen LogP contribution is 2.21. The van der Waals surface area contributed by atoms with Gasteiger partial charge in [-0.05, 0) is 38.8 Å². The minimum atomic E-state index is -3.48. The Kier molecular flexibility index (Phi) is 4.30. The van der Waals surface area contributed by atoms with Gasteiger partial charge in [0.2, 0.25) is 10.0 Å². The molecule has 1 atom stereocenters. The van der Waals surface area contributed by atoms with Crippen LogP contribution in [0.25, 0.3) is 0 Å². The summed E-state index contributed by atoms with van der Waals surface area (Å²) in [4.78, 5) is 0.364. The van der Waals surface area contributed by atoms with E-state index >= 15 is 0 Å². The Morgan fingerprint density at radius 2 is 1.71 bits per heavy atom. The summed E-state index contributed by atoms with van der Waals surface area (Å²) in [6.45, 7) is 7.59. The van der Waals surface area contributed by atoms with E-state index in [0.717, 1.165) is 16.7 Å². The zero-order valence-electron chi connectivity index (χ0n) is 10.7. The van der Waals surface area contributed by atoms with Gasteiger partial charge in [-0.1, -0.05) is 17.7 Å². The molecule has 0 spiro atoms. The van der Waals surface area contributed by atoms with Gasteiger partial charge in [0.1, 0.15) is 0 Å². The molecule has 17 heavy (non-hydrogen) atoms. The number of benzene rings is 1. The van der Waals surface area contributed by atoms with Gasteiger partial charge in [-0.3, -0.25) is 0 Å². The number of hydrogen-bond donors (Lipinski definition) is 2. The first-order valence-electron chi connectivity index (χ1n) is 5.58. The first kappa shape index (κ1) is 14.2. The number of nitrogens with two attached hydrogens (primary N) is 1. The number of aryl methyl sites for hydroxylation is 3. The molecule has 0 aliphatic heterocycles. The minimum Gasteiger partial charge on any atom is -0.329 e. The molecule has 0 radical (unpaired) electrons. The molecule has 1 unspecified atom stereocenters. The van der Waals surface area contributed by atoms with Crippen molar-refractivity contribution in [3.8, 4) is 0 Å². The Hall–Kier alpha value is -0.910. The summed E-state index contributed by atoms with van der Waals surface area (Å²) in [5, 5.41) is 0. The molecule has 0 aromatic heterocycles. The van der Waals surface area contributed by atoms with Crippen LogP contribution in [-0.2, 0) is 10.0 Å². The van der Waals surface area contributed by atoms with Crippen LogP contribution < -0.4 is 10.5 Å². The third-order valence-electron chi connectivity index (χ3n) is 2.58. The van der Waals surface area contributed by atoms with Crippen molar-refractivity contribution in [1.82, 2.24) is 4.72 Å². The van der Waals surface area contributed by atoms with Gasteiger partial charge in [0, 0.05) is 12.6 Å². The zero-order valence-corrected chi connectivity index (χ0v) is 11.6. The van der Waals surface area contributed by atoms with Gasteiger partial charge in [-0.15, -0.1) is 0 Å². The Labute approximate surface area is 103 Å². The van der Waals surface area contributed by atoms with Crippen LogP contribution in [0.5, 0.6) is 0 Å². The van der Waals surface area contributed by atoms with E-state index in [2.05, 4.69) is 4.72 Å². The molecule has 0 heterocycles. The first-order valence-corrected chi connectivity index (χ1v) is 7.06. The number of sulfonamides is 1. The first-order chi connectivity index (χ1) is 7.77. The highest BCUT2D eigenvalue weighted by Gasteiger charge is 2.21. The molecule has 1 aromatic rings. The van der Waals surface area contributed by atoms with Crippen LogP contribution in [0.15, 0.2) is 17.0 Å². The Bertz CT molecular complexity index is 486. The fraction of sp³-hybridized carbons (Fsp3) is 0.500. The number of nitrogens with one attached hydrogen (secondary N) is 1. The van der Waals surface area contributed by atoms with Crippen molar-refractivity contribution in [3.05, 3.63) is 28.8 Å². The summed E-state index contributed by atoms with van der Waals surface area (Å²) >= 11 is 0. The molecule has 0 saturated carbocycles. The maximum Gasteiger partial charge on any atom is 0.241 e. The third-order valence-corrected chi connectivity index (χ3v) is 4.48. The molecular formula is C12H20N2O2S. The van der Waals surface area contributed by atoms with Crippen LogP contribution in [0.1, 0.15) is 23.6 Å². The summed E-state index contributed by atoms with van der Waals surface area (Å²) in [5.74, 6) is 0. The van der Waals surface area contributed by atoms with Crippen molar-refractivity contribution < 1.29 is 8.42 Å². The van der Waals surface area contributed by atoms with Crippen molar-refractivity contribution in [2.45, 2.75) is 38.6 Å². The molecule has 5 heteroatoms. The molecule has 0 aliphatic carbocycles. The summed E-state index contributed by atoms with van der Waals surface area (Å²) < 4.78 is 26.9. The van der Waals surface area contributed by atoms with Gasteiger partial charge in [-0.2, -0.15) is 0 Å². The van der Waals surface area contributed by atoms with E-state index in [4.69, 9.17) is 5.73 Å². The second kappa shape index (κ2) is 5.16. The fourth-order valence-corrected chi connectivity index (χ4v) is 3.67. The molecule has 0 amide bonds. The monoisotopic (exact) mass is 256 g/mol. The van der Waals surface area contributed by atoms with Crippen molar-refractivity contribution in [2.75, 3.05) is 6.54 Å². The second-order valence-electron chi connectivity index (χ2n) is 4.49. The van der Waals surface area contributed by atoms with E-state index in [1.165, 1.54) is 0 Å². The van der Waals surface area contributed by atoms with Crippen molar-refractivity contribution in [3.63, 3.8) is 0 Å². The normalized spacial score (nSPS) is 13.7. The number of rotatable bonds is 4. The van der Waals surface area contributed by atoms with E-state index in [0.29, 0.717) is 4.90 Å². The predicted molar refractivity (Wildman–Crippen MR) is 69.5 cm³/mol. The van der Waals surface area contributed by atoms with Crippen LogP contribution in [0.3, 0.4) is 0 Å². The maximum absolute atomic E-state index is 12.2. The van der Waals surface area contributed by atoms with Crippen LogP contribution in [0.4, 0.5) is 0 Å². The summed E-state index contributed by atoms with van der Waals surface area (Å²) in [6, 6.07) is 3.48. The van der Waals surface area contributed by atoms with E-state index in [1.54, 1.807) is 6.92 Å². The van der Waals surface area contributed by atoms with Crippen molar-refractivity contribution >= 4 is 10.0 Å². The maximum atomic E-state index is 12.2.